The van der Waals surface area contributed by atoms with Gasteiger partial charge in [-0.05, 0) is 38.4 Å². The van der Waals surface area contributed by atoms with Crippen LogP contribution in [-0.4, -0.2) is 14.2 Å². The van der Waals surface area contributed by atoms with E-state index in [0.29, 0.717) is 0 Å². The Labute approximate surface area is 111 Å². The molecule has 92 valence electrons. The first-order chi connectivity index (χ1) is 8.26. The van der Waals surface area contributed by atoms with E-state index >= 15 is 0 Å². The lowest BCUT2D eigenvalue weighted by molar-refractivity contribution is 0.404. The van der Waals surface area contributed by atoms with Crippen molar-refractivity contribution < 1.29 is 4.74 Å². The second-order valence-corrected chi connectivity index (χ2v) is 5.19. The number of ether oxygens (including phenoxy) is 1. The quantitative estimate of drug-likeness (QED) is 0.853. The molecule has 0 fully saturated rings. The summed E-state index contributed by atoms with van der Waals surface area (Å²) >= 11 is 3.48. The van der Waals surface area contributed by atoms with Crippen molar-refractivity contribution in [2.45, 2.75) is 25.3 Å². The molecule has 1 aromatic carbocycles. The van der Waals surface area contributed by atoms with Crippen molar-refractivity contribution in [3.8, 4) is 5.75 Å². The number of halogens is 1. The zero-order chi connectivity index (χ0) is 12.3. The molecule has 0 saturated heterocycles. The van der Waals surface area contributed by atoms with E-state index < -0.39 is 0 Å². The maximum Gasteiger partial charge on any atom is 0.125 e. The van der Waals surface area contributed by atoms with Crippen LogP contribution < -0.4 is 10.1 Å². The molecule has 1 aliphatic carbocycles. The first-order valence-corrected chi connectivity index (χ1v) is 6.75. The first-order valence-electron chi connectivity index (χ1n) is 5.96. The normalized spacial score (nSPS) is 16.8. The van der Waals surface area contributed by atoms with Crippen molar-refractivity contribution in [2.75, 3.05) is 14.2 Å². The molecule has 0 amide bonds. The second kappa shape index (κ2) is 5.69. The summed E-state index contributed by atoms with van der Waals surface area (Å²) in [5, 5.41) is 3.39. The molecule has 0 aliphatic heterocycles. The van der Waals surface area contributed by atoms with Gasteiger partial charge < -0.3 is 10.1 Å². The minimum atomic E-state index is 0.278. The summed E-state index contributed by atoms with van der Waals surface area (Å²) in [6, 6.07) is 6.50. The van der Waals surface area contributed by atoms with Gasteiger partial charge in [-0.1, -0.05) is 33.6 Å². The van der Waals surface area contributed by atoms with Gasteiger partial charge in [0.25, 0.3) is 0 Å². The fraction of sp³-hybridized carbons (Fsp3) is 0.429. The highest BCUT2D eigenvalue weighted by Crippen LogP contribution is 2.36. The third kappa shape index (κ3) is 2.72. The summed E-state index contributed by atoms with van der Waals surface area (Å²) in [6.07, 6.45) is 6.01. The van der Waals surface area contributed by atoms with Crippen molar-refractivity contribution in [2.24, 2.45) is 0 Å². The Morgan fingerprint density at radius 3 is 2.82 bits per heavy atom. The third-order valence-corrected chi connectivity index (χ3v) is 3.74. The van der Waals surface area contributed by atoms with Crippen molar-refractivity contribution in [1.82, 2.24) is 5.32 Å². The molecule has 2 nitrogen and oxygen atoms in total. The van der Waals surface area contributed by atoms with Crippen molar-refractivity contribution in [3.63, 3.8) is 0 Å². The second-order valence-electron chi connectivity index (χ2n) is 4.28. The van der Waals surface area contributed by atoms with E-state index in [-0.39, 0.29) is 6.04 Å². The average molecular weight is 296 g/mol. The van der Waals surface area contributed by atoms with Crippen LogP contribution in [0.2, 0.25) is 0 Å². The van der Waals surface area contributed by atoms with E-state index in [2.05, 4.69) is 39.5 Å². The van der Waals surface area contributed by atoms with Crippen LogP contribution in [0.5, 0.6) is 5.75 Å². The summed E-state index contributed by atoms with van der Waals surface area (Å²) in [7, 11) is 3.73. The van der Waals surface area contributed by atoms with Crippen molar-refractivity contribution in [1.29, 1.82) is 0 Å². The van der Waals surface area contributed by atoms with Gasteiger partial charge in [-0.15, -0.1) is 0 Å². The van der Waals surface area contributed by atoms with E-state index in [1.165, 1.54) is 30.4 Å². The standard InChI is InChI=1S/C14H18BrNO/c1-16-14(10-5-3-4-6-10)12-8-7-11(15)9-13(12)17-2/h5,7-9,14,16H,3-4,6H2,1-2H3. The van der Waals surface area contributed by atoms with Crippen LogP contribution in [-0.2, 0) is 0 Å². The number of nitrogens with one attached hydrogen (secondary N) is 1. The largest absolute Gasteiger partial charge is 0.496 e. The molecule has 1 aromatic rings. The van der Waals surface area contributed by atoms with E-state index in [4.69, 9.17) is 4.74 Å². The monoisotopic (exact) mass is 295 g/mol. The zero-order valence-corrected chi connectivity index (χ0v) is 11.9. The lowest BCUT2D eigenvalue weighted by Gasteiger charge is -2.21. The zero-order valence-electron chi connectivity index (χ0n) is 10.3. The molecule has 3 heteroatoms. The molecule has 1 aliphatic rings. The highest BCUT2D eigenvalue weighted by Gasteiger charge is 2.20. The Morgan fingerprint density at radius 1 is 1.41 bits per heavy atom. The van der Waals surface area contributed by atoms with E-state index in [1.54, 1.807) is 7.11 Å². The molecule has 0 heterocycles. The molecule has 0 aromatic heterocycles. The summed E-state index contributed by atoms with van der Waals surface area (Å²) in [6.45, 7) is 0. The molecule has 1 atom stereocenters. The van der Waals surface area contributed by atoms with Gasteiger partial charge in [-0.2, -0.15) is 0 Å². The van der Waals surface area contributed by atoms with Crippen LogP contribution in [0.3, 0.4) is 0 Å². The average Bonchev–Trinajstić information content (AvgIpc) is 2.85. The van der Waals surface area contributed by atoms with Gasteiger partial charge in [0.1, 0.15) is 5.75 Å². The lowest BCUT2D eigenvalue weighted by atomic mass is 9.97. The van der Waals surface area contributed by atoms with E-state index in [1.807, 2.05) is 13.1 Å². The van der Waals surface area contributed by atoms with Gasteiger partial charge in [0.05, 0.1) is 13.2 Å². The van der Waals surface area contributed by atoms with Gasteiger partial charge >= 0.3 is 0 Å². The number of hydrogen-bond acceptors (Lipinski definition) is 2. The molecule has 0 saturated carbocycles. The molecule has 0 radical (unpaired) electrons. The SMILES string of the molecule is CNC(C1=CCCC1)c1ccc(Br)cc1OC. The summed E-state index contributed by atoms with van der Waals surface area (Å²) in [5.41, 5.74) is 2.69. The fourth-order valence-electron chi connectivity index (χ4n) is 2.42. The Bertz CT molecular complexity index is 428. The maximum atomic E-state index is 5.47. The van der Waals surface area contributed by atoms with E-state index in [9.17, 15) is 0 Å². The van der Waals surface area contributed by atoms with Gasteiger partial charge in [-0.25, -0.2) is 0 Å². The van der Waals surface area contributed by atoms with Gasteiger partial charge in [-0.3, -0.25) is 0 Å². The Morgan fingerprint density at radius 2 is 2.24 bits per heavy atom. The van der Waals surface area contributed by atoms with Gasteiger partial charge in [0.2, 0.25) is 0 Å². The molecule has 1 unspecified atom stereocenters. The van der Waals surface area contributed by atoms with Gasteiger partial charge in [0.15, 0.2) is 0 Å². The molecule has 0 bridgehead atoms. The minimum absolute atomic E-state index is 0.278. The lowest BCUT2D eigenvalue weighted by Crippen LogP contribution is -2.18. The van der Waals surface area contributed by atoms with E-state index in [0.717, 1.165) is 10.2 Å². The Balaban J connectivity index is 2.36. The number of benzene rings is 1. The van der Waals surface area contributed by atoms with Crippen LogP contribution >= 0.6 is 15.9 Å². The molecule has 1 N–H and O–H groups in total. The number of hydrogen-bond donors (Lipinski definition) is 1. The van der Waals surface area contributed by atoms with Crippen LogP contribution in [0.15, 0.2) is 34.3 Å². The molecule has 0 spiro atoms. The molecule has 17 heavy (non-hydrogen) atoms. The highest BCUT2D eigenvalue weighted by atomic mass is 79.9. The number of allylic oxidation sites excluding steroid dienone is 1. The number of methoxy groups -OCH3 is 1. The third-order valence-electron chi connectivity index (χ3n) is 3.24. The van der Waals surface area contributed by atoms with Crippen LogP contribution in [0.1, 0.15) is 30.9 Å². The smallest absolute Gasteiger partial charge is 0.125 e. The summed E-state index contributed by atoms with van der Waals surface area (Å²) < 4.78 is 6.52. The summed E-state index contributed by atoms with van der Waals surface area (Å²) in [5.74, 6) is 0.937. The van der Waals surface area contributed by atoms with Crippen molar-refractivity contribution in [3.05, 3.63) is 39.9 Å². The highest BCUT2D eigenvalue weighted by molar-refractivity contribution is 9.10. The summed E-state index contributed by atoms with van der Waals surface area (Å²) in [4.78, 5) is 0. The maximum absolute atomic E-state index is 5.47. The van der Waals surface area contributed by atoms with Crippen molar-refractivity contribution >= 4 is 15.9 Å². The Kier molecular flexibility index (Phi) is 4.24. The van der Waals surface area contributed by atoms with Gasteiger partial charge in [0, 0.05) is 10.0 Å². The Hall–Kier alpha value is -0.800. The predicted octanol–water partition coefficient (Wildman–Crippen LogP) is 3.83. The molecular weight excluding hydrogens is 278 g/mol. The number of rotatable bonds is 4. The minimum Gasteiger partial charge on any atom is -0.496 e. The molecule has 2 rings (SSSR count). The predicted molar refractivity (Wildman–Crippen MR) is 74.4 cm³/mol. The fourth-order valence-corrected chi connectivity index (χ4v) is 2.76. The number of likely N-dealkylation sites (N-methyl/N-ethyl adjacent to an activating group) is 1. The van der Waals surface area contributed by atoms with Crippen LogP contribution in [0, 0.1) is 0 Å². The topological polar surface area (TPSA) is 21.3 Å². The van der Waals surface area contributed by atoms with Crippen LogP contribution in [0.25, 0.3) is 0 Å². The van der Waals surface area contributed by atoms with Crippen LogP contribution in [0.4, 0.5) is 0 Å². The molecular formula is C14H18BrNO. The first kappa shape index (κ1) is 12.7.